The molecule has 0 fully saturated rings. The van der Waals surface area contributed by atoms with Crippen molar-refractivity contribution in [3.05, 3.63) is 12.2 Å². The van der Waals surface area contributed by atoms with Gasteiger partial charge in [-0.15, -0.1) is 0 Å². The van der Waals surface area contributed by atoms with Gasteiger partial charge in [-0.05, 0) is 38.5 Å². The lowest BCUT2D eigenvalue weighted by Gasteiger charge is -2.25. The third kappa shape index (κ3) is 79.2. The minimum Gasteiger partial charge on any atom is -0.477 e. The van der Waals surface area contributed by atoms with Crippen LogP contribution in [0, 0.1) is 0 Å². The fourth-order valence-electron chi connectivity index (χ4n) is 13.5. The van der Waals surface area contributed by atoms with Crippen LogP contribution in [0.5, 0.6) is 0 Å². The van der Waals surface area contributed by atoms with E-state index < -0.39 is 18.4 Å². The molecule has 0 aromatic carbocycles. The zero-order valence-corrected chi connectivity index (χ0v) is 64.9. The molecule has 2 unspecified atom stereocenters. The molecule has 0 bridgehead atoms. The second kappa shape index (κ2) is 77.8. The van der Waals surface area contributed by atoms with Crippen molar-refractivity contribution in [2.75, 3.05) is 47.5 Å². The molecule has 0 rings (SSSR count). The molecule has 0 aliphatic carbocycles. The maximum absolute atomic E-state index is 13.0. The highest BCUT2D eigenvalue weighted by atomic mass is 16.7. The van der Waals surface area contributed by atoms with Gasteiger partial charge in [0.1, 0.15) is 13.2 Å². The van der Waals surface area contributed by atoms with E-state index in [0.29, 0.717) is 17.4 Å². The first-order chi connectivity index (χ1) is 46.6. The molecule has 95 heavy (non-hydrogen) atoms. The number of carbonyl (C=O) groups is 3. The lowest BCUT2D eigenvalue weighted by atomic mass is 10.0. The Bertz CT molecular complexity index is 1560. The molecule has 564 valence electrons. The molecule has 0 aromatic heterocycles. The number of likely N-dealkylation sites (N-methyl/N-ethyl adjacent to an activating group) is 1. The number of quaternary nitrogens is 1. The number of nitrogens with zero attached hydrogens (tertiary/aromatic N) is 1. The van der Waals surface area contributed by atoms with Crippen LogP contribution in [0.3, 0.4) is 0 Å². The topological polar surface area (TPSA) is 108 Å². The zero-order valence-electron chi connectivity index (χ0n) is 64.9. The summed E-state index contributed by atoms with van der Waals surface area (Å²) in [4.78, 5) is 37.8. The number of hydrogen-bond donors (Lipinski definition) is 1. The van der Waals surface area contributed by atoms with Crippen LogP contribution in [-0.2, 0) is 33.3 Å². The van der Waals surface area contributed by atoms with Crippen LogP contribution in [0.4, 0.5) is 0 Å². The average molecular weight is 1340 g/mol. The number of hydrogen-bond acceptors (Lipinski definition) is 7. The smallest absolute Gasteiger partial charge is 0.361 e. The van der Waals surface area contributed by atoms with Gasteiger partial charge < -0.3 is 28.5 Å². The van der Waals surface area contributed by atoms with Crippen molar-refractivity contribution in [3.63, 3.8) is 0 Å². The van der Waals surface area contributed by atoms with Crippen molar-refractivity contribution in [3.8, 4) is 0 Å². The third-order valence-electron chi connectivity index (χ3n) is 20.0. The Morgan fingerprint density at radius 3 is 0.779 bits per heavy atom. The molecule has 0 aromatic rings. The fraction of sp³-hybridized carbons (Fsp3) is 0.942. The fourth-order valence-corrected chi connectivity index (χ4v) is 13.5. The summed E-state index contributed by atoms with van der Waals surface area (Å²) in [6, 6.07) is 0. The predicted molar refractivity (Wildman–Crippen MR) is 411 cm³/mol. The first-order valence-electron chi connectivity index (χ1n) is 42.9. The Morgan fingerprint density at radius 1 is 0.305 bits per heavy atom. The van der Waals surface area contributed by atoms with Gasteiger partial charge >= 0.3 is 17.9 Å². The number of ether oxygens (including phenoxy) is 4. The Balaban J connectivity index is 3.88. The van der Waals surface area contributed by atoms with Gasteiger partial charge in [-0.2, -0.15) is 0 Å². The molecule has 0 saturated carbocycles. The number of allylic oxidation sites excluding steroid dienone is 2. The Hall–Kier alpha value is -1.97. The highest BCUT2D eigenvalue weighted by Crippen LogP contribution is 2.21. The molecule has 9 heteroatoms. The number of carboxylic acid groups (broad SMARTS) is 1. The summed E-state index contributed by atoms with van der Waals surface area (Å²) < 4.78 is 23.1. The van der Waals surface area contributed by atoms with Gasteiger partial charge in [0.25, 0.3) is 6.29 Å². The van der Waals surface area contributed by atoms with E-state index in [2.05, 4.69) is 26.0 Å². The highest BCUT2D eigenvalue weighted by molar-refractivity contribution is 5.71. The van der Waals surface area contributed by atoms with Crippen LogP contribution >= 0.6 is 0 Å². The van der Waals surface area contributed by atoms with E-state index in [1.54, 1.807) is 0 Å². The quantitative estimate of drug-likeness (QED) is 0.0211. The van der Waals surface area contributed by atoms with E-state index in [1.807, 2.05) is 21.1 Å². The van der Waals surface area contributed by atoms with Crippen molar-refractivity contribution in [2.24, 2.45) is 0 Å². The molecule has 9 nitrogen and oxygen atoms in total. The number of carbonyl (C=O) groups excluding carboxylic acids is 2. The number of unbranched alkanes of at least 4 members (excludes halogenated alkanes) is 65. The monoisotopic (exact) mass is 1340 g/mol. The van der Waals surface area contributed by atoms with Crippen molar-refractivity contribution in [1.29, 1.82) is 0 Å². The average Bonchev–Trinajstić information content (AvgIpc) is 2.86. The van der Waals surface area contributed by atoms with Crippen molar-refractivity contribution >= 4 is 17.9 Å². The van der Waals surface area contributed by atoms with Crippen LogP contribution in [0.2, 0.25) is 0 Å². The number of rotatable bonds is 82. The molecule has 0 heterocycles. The molecule has 0 radical (unpaired) electrons. The van der Waals surface area contributed by atoms with E-state index in [9.17, 15) is 19.5 Å². The Labute approximate surface area is 593 Å². The largest absolute Gasteiger partial charge is 0.477 e. The molecular formula is C86H168NO8+. The first kappa shape index (κ1) is 93.0. The molecule has 0 spiro atoms. The van der Waals surface area contributed by atoms with Gasteiger partial charge in [-0.1, -0.05) is 424 Å². The van der Waals surface area contributed by atoms with Crippen molar-refractivity contribution in [1.82, 2.24) is 0 Å². The molecule has 0 aliphatic rings. The molecule has 0 saturated heterocycles. The summed E-state index contributed by atoms with van der Waals surface area (Å²) in [5.41, 5.74) is 0. The number of esters is 2. The summed E-state index contributed by atoms with van der Waals surface area (Å²) in [5, 5.41) is 9.78. The third-order valence-corrected chi connectivity index (χ3v) is 20.0. The van der Waals surface area contributed by atoms with E-state index in [1.165, 1.54) is 398 Å². The van der Waals surface area contributed by atoms with Gasteiger partial charge in [0.15, 0.2) is 6.10 Å². The van der Waals surface area contributed by atoms with E-state index >= 15 is 0 Å². The van der Waals surface area contributed by atoms with Crippen LogP contribution in [0.1, 0.15) is 463 Å². The van der Waals surface area contributed by atoms with Crippen LogP contribution < -0.4 is 0 Å². The normalized spacial score (nSPS) is 12.6. The lowest BCUT2D eigenvalue weighted by Crippen LogP contribution is -2.40. The summed E-state index contributed by atoms with van der Waals surface area (Å²) in [6.45, 7) is 4.98. The first-order valence-corrected chi connectivity index (χ1v) is 42.9. The number of carboxylic acids is 1. The van der Waals surface area contributed by atoms with Gasteiger partial charge in [0, 0.05) is 12.8 Å². The van der Waals surface area contributed by atoms with Crippen molar-refractivity contribution in [2.45, 2.75) is 476 Å². The second-order valence-electron chi connectivity index (χ2n) is 30.9. The van der Waals surface area contributed by atoms with E-state index in [0.717, 1.165) is 38.5 Å². The summed E-state index contributed by atoms with van der Waals surface area (Å²) in [7, 11) is 6.00. The summed E-state index contributed by atoms with van der Waals surface area (Å²) in [6.07, 6.45) is 95.5. The second-order valence-corrected chi connectivity index (χ2v) is 30.9. The van der Waals surface area contributed by atoms with Crippen LogP contribution in [0.25, 0.3) is 0 Å². The Morgan fingerprint density at radius 2 is 0.537 bits per heavy atom. The van der Waals surface area contributed by atoms with Crippen LogP contribution in [-0.4, -0.2) is 87.4 Å². The minimum absolute atomic E-state index is 0.173. The van der Waals surface area contributed by atoms with Crippen LogP contribution in [0.15, 0.2) is 12.2 Å². The van der Waals surface area contributed by atoms with Crippen molar-refractivity contribution < 1.29 is 42.9 Å². The molecule has 1 N–H and O–H groups in total. The molecule has 0 amide bonds. The molecule has 2 atom stereocenters. The van der Waals surface area contributed by atoms with Gasteiger partial charge in [-0.25, -0.2) is 4.79 Å². The minimum atomic E-state index is -1.51. The van der Waals surface area contributed by atoms with E-state index in [4.69, 9.17) is 18.9 Å². The van der Waals surface area contributed by atoms with E-state index in [-0.39, 0.29) is 38.2 Å². The maximum Gasteiger partial charge on any atom is 0.361 e. The molecular weight excluding hydrogens is 1170 g/mol. The van der Waals surface area contributed by atoms with Gasteiger partial charge in [0.2, 0.25) is 0 Å². The van der Waals surface area contributed by atoms with Gasteiger partial charge in [0.05, 0.1) is 34.4 Å². The highest BCUT2D eigenvalue weighted by Gasteiger charge is 2.25. The number of aliphatic carboxylic acids is 1. The lowest BCUT2D eigenvalue weighted by molar-refractivity contribution is -0.870. The Kier molecular flexibility index (Phi) is 76.1. The predicted octanol–water partition coefficient (Wildman–Crippen LogP) is 27.5. The summed E-state index contributed by atoms with van der Waals surface area (Å²) >= 11 is 0. The molecule has 0 aliphatic heterocycles. The van der Waals surface area contributed by atoms with Gasteiger partial charge in [-0.3, -0.25) is 9.59 Å². The maximum atomic E-state index is 13.0. The SMILES string of the molecule is CCCCCCCCCC/C=C\CCCCCCCCCCCCCCCCCCCC(=O)OC(COC(=O)CCCCCCCCCCCCCCCCCCCCCCCCCCCCCCCCCCCCCCCCCCC)COC(OCC[N+](C)(C)C)C(=O)O. The zero-order chi connectivity index (χ0) is 69.0. The summed E-state index contributed by atoms with van der Waals surface area (Å²) in [5.74, 6) is -1.96. The standard InChI is InChI=1S/C86H167NO8/c1-6-8-10-12-14-16-18-20-22-24-26-28-30-32-34-36-37-38-39-40-41-42-43-44-45-46-47-49-50-52-54-56-58-60-62-64-66-68-70-72-74-76-83(88)93-80-82(81-94-86(85(90)91)92-79-78-87(3,4)5)95-84(89)77-75-73-71-69-67-65-63-61-59-57-55-53-51-48-35-33-31-29-27-25-23-21-19-17-15-13-11-9-7-2/h25,27,82,86H,6-24,26,28-81H2,1-5H3/p+1/b27-25-.